The molecule has 1 aromatic heterocycles. The van der Waals surface area contributed by atoms with Crippen LogP contribution in [0.25, 0.3) is 0 Å². The van der Waals surface area contributed by atoms with E-state index in [4.69, 9.17) is 22.1 Å². The van der Waals surface area contributed by atoms with E-state index in [-0.39, 0.29) is 0 Å². The van der Waals surface area contributed by atoms with E-state index in [9.17, 15) is 0 Å². The van der Waals surface area contributed by atoms with Gasteiger partial charge in [-0.15, -0.1) is 0 Å². The van der Waals surface area contributed by atoms with Crippen LogP contribution in [0.5, 0.6) is 5.88 Å². The average Bonchev–Trinajstić information content (AvgIpc) is 2.72. The molecule has 0 unspecified atom stereocenters. The monoisotopic (exact) mass is 226 g/mol. The third kappa shape index (κ3) is 2.75. The minimum absolute atomic E-state index is 0.422. The summed E-state index contributed by atoms with van der Waals surface area (Å²) in [5.74, 6) is 1.12. The summed E-state index contributed by atoms with van der Waals surface area (Å²) in [6.45, 7) is 0.706. The van der Waals surface area contributed by atoms with Gasteiger partial charge in [0.25, 0.3) is 0 Å². The van der Waals surface area contributed by atoms with Crippen LogP contribution in [0.2, 0.25) is 5.15 Å². The molecule has 1 aliphatic carbocycles. The predicted octanol–water partition coefficient (Wildman–Crippen LogP) is 2.89. The van der Waals surface area contributed by atoms with Gasteiger partial charge in [0, 0.05) is 0 Å². The maximum absolute atomic E-state index is 5.77. The molecule has 0 aromatic carbocycles. The summed E-state index contributed by atoms with van der Waals surface area (Å²) < 4.78 is 5.58. The van der Waals surface area contributed by atoms with Crippen LogP contribution in [0.3, 0.4) is 0 Å². The quantitative estimate of drug-likeness (QED) is 0.807. The van der Waals surface area contributed by atoms with Crippen LogP contribution in [0.1, 0.15) is 25.7 Å². The standard InChI is InChI=1S/C11H15ClN2O/c12-10-6-5-9(13)11(14-10)15-7-8-3-1-2-4-8/h5-6,8H,1-4,7,13H2. The van der Waals surface area contributed by atoms with Gasteiger partial charge < -0.3 is 10.5 Å². The summed E-state index contributed by atoms with van der Waals surface area (Å²) in [6.07, 6.45) is 5.12. The number of hydrogen-bond acceptors (Lipinski definition) is 3. The lowest BCUT2D eigenvalue weighted by Gasteiger charge is -2.11. The average molecular weight is 227 g/mol. The lowest BCUT2D eigenvalue weighted by atomic mass is 10.1. The largest absolute Gasteiger partial charge is 0.476 e. The van der Waals surface area contributed by atoms with Gasteiger partial charge in [0.2, 0.25) is 5.88 Å². The van der Waals surface area contributed by atoms with Gasteiger partial charge in [0.05, 0.1) is 12.3 Å². The third-order valence-corrected chi connectivity index (χ3v) is 3.00. The Morgan fingerprint density at radius 1 is 1.40 bits per heavy atom. The van der Waals surface area contributed by atoms with Crippen molar-refractivity contribution in [3.05, 3.63) is 17.3 Å². The molecular weight excluding hydrogens is 212 g/mol. The molecule has 1 fully saturated rings. The van der Waals surface area contributed by atoms with Crippen LogP contribution in [-0.4, -0.2) is 11.6 Å². The highest BCUT2D eigenvalue weighted by atomic mass is 35.5. The Balaban J connectivity index is 1.94. The summed E-state index contributed by atoms with van der Waals surface area (Å²) in [7, 11) is 0. The van der Waals surface area contributed by atoms with Gasteiger partial charge in [0.1, 0.15) is 5.15 Å². The van der Waals surface area contributed by atoms with E-state index in [1.165, 1.54) is 25.7 Å². The molecule has 2 N–H and O–H groups in total. The van der Waals surface area contributed by atoms with Crippen molar-refractivity contribution in [2.24, 2.45) is 5.92 Å². The van der Waals surface area contributed by atoms with Crippen molar-refractivity contribution in [3.63, 3.8) is 0 Å². The lowest BCUT2D eigenvalue weighted by Crippen LogP contribution is -2.10. The Hall–Kier alpha value is -0.960. The van der Waals surface area contributed by atoms with Crippen molar-refractivity contribution in [1.29, 1.82) is 0 Å². The van der Waals surface area contributed by atoms with Crippen LogP contribution in [0.4, 0.5) is 5.69 Å². The van der Waals surface area contributed by atoms with E-state index in [0.717, 1.165) is 0 Å². The zero-order valence-corrected chi connectivity index (χ0v) is 9.33. The van der Waals surface area contributed by atoms with Gasteiger partial charge in [-0.05, 0) is 30.9 Å². The van der Waals surface area contributed by atoms with Crippen molar-refractivity contribution in [3.8, 4) is 5.88 Å². The first kappa shape index (κ1) is 10.6. The fourth-order valence-corrected chi connectivity index (χ4v) is 2.06. The molecule has 1 aliphatic rings. The summed E-state index contributed by atoms with van der Waals surface area (Å²) in [4.78, 5) is 4.05. The van der Waals surface area contributed by atoms with Gasteiger partial charge in [0.15, 0.2) is 0 Å². The smallest absolute Gasteiger partial charge is 0.238 e. The molecule has 0 spiro atoms. The van der Waals surface area contributed by atoms with Gasteiger partial charge in [-0.2, -0.15) is 4.98 Å². The molecule has 82 valence electrons. The number of halogens is 1. The number of anilines is 1. The molecular formula is C11H15ClN2O. The fourth-order valence-electron chi connectivity index (χ4n) is 1.92. The summed E-state index contributed by atoms with van der Waals surface area (Å²) >= 11 is 5.77. The molecule has 0 amide bonds. The number of pyridine rings is 1. The van der Waals surface area contributed by atoms with Crippen molar-refractivity contribution in [1.82, 2.24) is 4.98 Å². The third-order valence-electron chi connectivity index (χ3n) is 2.79. The lowest BCUT2D eigenvalue weighted by molar-refractivity contribution is 0.245. The Bertz CT molecular complexity index is 337. The molecule has 4 heteroatoms. The maximum atomic E-state index is 5.77. The highest BCUT2D eigenvalue weighted by Crippen LogP contribution is 2.27. The first-order valence-electron chi connectivity index (χ1n) is 5.30. The molecule has 3 nitrogen and oxygen atoms in total. The fraction of sp³-hybridized carbons (Fsp3) is 0.545. The molecule has 0 aliphatic heterocycles. The molecule has 1 saturated carbocycles. The second-order valence-electron chi connectivity index (χ2n) is 3.99. The maximum Gasteiger partial charge on any atom is 0.238 e. The highest BCUT2D eigenvalue weighted by molar-refractivity contribution is 6.29. The predicted molar refractivity (Wildman–Crippen MR) is 61.1 cm³/mol. The van der Waals surface area contributed by atoms with E-state index in [2.05, 4.69) is 4.98 Å². The minimum atomic E-state index is 0.422. The normalized spacial score (nSPS) is 16.9. The van der Waals surface area contributed by atoms with Crippen molar-refractivity contribution < 1.29 is 4.74 Å². The van der Waals surface area contributed by atoms with Crippen LogP contribution in [-0.2, 0) is 0 Å². The molecule has 1 aromatic rings. The first-order valence-corrected chi connectivity index (χ1v) is 5.68. The zero-order valence-electron chi connectivity index (χ0n) is 8.58. The van der Waals surface area contributed by atoms with Crippen LogP contribution in [0, 0.1) is 5.92 Å². The van der Waals surface area contributed by atoms with E-state index < -0.39 is 0 Å². The Kier molecular flexibility index (Phi) is 3.31. The molecule has 1 heterocycles. The van der Waals surface area contributed by atoms with Crippen LogP contribution < -0.4 is 10.5 Å². The van der Waals surface area contributed by atoms with Gasteiger partial charge in [-0.3, -0.25) is 0 Å². The number of nitrogen functional groups attached to an aromatic ring is 1. The van der Waals surface area contributed by atoms with Crippen molar-refractivity contribution in [2.75, 3.05) is 12.3 Å². The van der Waals surface area contributed by atoms with E-state index in [0.29, 0.717) is 29.2 Å². The van der Waals surface area contributed by atoms with Gasteiger partial charge in [-0.25, -0.2) is 0 Å². The number of aromatic nitrogens is 1. The second-order valence-corrected chi connectivity index (χ2v) is 4.38. The molecule has 2 rings (SSSR count). The zero-order chi connectivity index (χ0) is 10.7. The Morgan fingerprint density at radius 3 is 2.87 bits per heavy atom. The van der Waals surface area contributed by atoms with Crippen LogP contribution >= 0.6 is 11.6 Å². The van der Waals surface area contributed by atoms with Crippen LogP contribution in [0.15, 0.2) is 12.1 Å². The van der Waals surface area contributed by atoms with Gasteiger partial charge in [-0.1, -0.05) is 24.4 Å². The van der Waals surface area contributed by atoms with Crippen molar-refractivity contribution >= 4 is 17.3 Å². The molecule has 0 saturated heterocycles. The highest BCUT2D eigenvalue weighted by Gasteiger charge is 2.16. The number of hydrogen-bond donors (Lipinski definition) is 1. The topological polar surface area (TPSA) is 48.1 Å². The molecule has 0 bridgehead atoms. The number of ether oxygens (including phenoxy) is 1. The molecule has 0 atom stereocenters. The second kappa shape index (κ2) is 4.71. The first-order chi connectivity index (χ1) is 7.25. The number of rotatable bonds is 3. The summed E-state index contributed by atoms with van der Waals surface area (Å²) in [5, 5.41) is 0.422. The summed E-state index contributed by atoms with van der Waals surface area (Å²) in [5.41, 5.74) is 6.28. The molecule has 15 heavy (non-hydrogen) atoms. The van der Waals surface area contributed by atoms with Gasteiger partial charge >= 0.3 is 0 Å². The van der Waals surface area contributed by atoms with E-state index >= 15 is 0 Å². The van der Waals surface area contributed by atoms with E-state index in [1.54, 1.807) is 12.1 Å². The number of nitrogens with two attached hydrogens (primary N) is 1. The Morgan fingerprint density at radius 2 is 2.13 bits per heavy atom. The Labute approximate surface area is 94.6 Å². The van der Waals surface area contributed by atoms with E-state index in [1.807, 2.05) is 0 Å². The summed E-state index contributed by atoms with van der Waals surface area (Å²) in [6, 6.07) is 3.39. The van der Waals surface area contributed by atoms with Crippen molar-refractivity contribution in [2.45, 2.75) is 25.7 Å². The SMILES string of the molecule is Nc1ccc(Cl)nc1OCC1CCCC1. The minimum Gasteiger partial charge on any atom is -0.476 e. The number of nitrogens with zero attached hydrogens (tertiary/aromatic N) is 1. The molecule has 0 radical (unpaired) electrons.